The zero-order chi connectivity index (χ0) is 15.2. The van der Waals surface area contributed by atoms with Gasteiger partial charge in [0.25, 0.3) is 5.91 Å². The van der Waals surface area contributed by atoms with Crippen LogP contribution in [-0.2, 0) is 0 Å². The molecule has 0 unspecified atom stereocenters. The monoisotopic (exact) mass is 300 g/mol. The number of amides is 1. The highest BCUT2D eigenvalue weighted by molar-refractivity contribution is 7.13. The smallest absolute Gasteiger partial charge is 0.257 e. The number of hydrogen-bond donors (Lipinski definition) is 2. The van der Waals surface area contributed by atoms with E-state index in [1.54, 1.807) is 12.1 Å². The van der Waals surface area contributed by atoms with Gasteiger partial charge < -0.3 is 5.11 Å². The number of hydrogen-bond acceptors (Lipinski definition) is 4. The molecule has 0 fully saturated rings. The van der Waals surface area contributed by atoms with Gasteiger partial charge in [-0.15, -0.1) is 11.3 Å². The zero-order valence-corrected chi connectivity index (χ0v) is 12.8. The number of aryl methyl sites for hydroxylation is 2. The molecule has 2 N–H and O–H groups in total. The number of anilines is 1. The van der Waals surface area contributed by atoms with Crippen LogP contribution in [0.3, 0.4) is 0 Å². The largest absolute Gasteiger partial charge is 0.395 e. The minimum atomic E-state index is -0.199. The van der Waals surface area contributed by atoms with E-state index in [1.165, 1.54) is 11.3 Å². The van der Waals surface area contributed by atoms with Gasteiger partial charge in [-0.1, -0.05) is 17.9 Å². The van der Waals surface area contributed by atoms with Crippen molar-refractivity contribution in [2.45, 2.75) is 20.3 Å². The van der Waals surface area contributed by atoms with Crippen molar-refractivity contribution in [2.24, 2.45) is 0 Å². The summed E-state index contributed by atoms with van der Waals surface area (Å²) < 4.78 is 0. The Morgan fingerprint density at radius 3 is 2.90 bits per heavy atom. The minimum absolute atomic E-state index is 0.0373. The number of nitrogens with zero attached hydrogens (tertiary/aromatic N) is 1. The van der Waals surface area contributed by atoms with E-state index in [2.05, 4.69) is 22.1 Å². The summed E-state index contributed by atoms with van der Waals surface area (Å²) in [6.07, 6.45) is 0.425. The van der Waals surface area contributed by atoms with Crippen LogP contribution in [0.25, 0.3) is 0 Å². The predicted octanol–water partition coefficient (Wildman–Crippen LogP) is 2.75. The molecule has 0 aliphatic carbocycles. The van der Waals surface area contributed by atoms with E-state index in [4.69, 9.17) is 5.11 Å². The number of aliphatic hydroxyl groups excluding tert-OH is 1. The number of nitrogens with one attached hydrogen (secondary N) is 1. The molecule has 0 saturated carbocycles. The molecule has 1 amide bonds. The van der Waals surface area contributed by atoms with Crippen molar-refractivity contribution < 1.29 is 9.90 Å². The highest BCUT2D eigenvalue weighted by Crippen LogP contribution is 2.17. The Kier molecular flexibility index (Phi) is 5.09. The summed E-state index contributed by atoms with van der Waals surface area (Å²) in [5, 5.41) is 14.0. The summed E-state index contributed by atoms with van der Waals surface area (Å²) in [5.41, 5.74) is 3.23. The van der Waals surface area contributed by atoms with Crippen LogP contribution in [0.1, 0.15) is 33.6 Å². The van der Waals surface area contributed by atoms with Crippen LogP contribution < -0.4 is 5.32 Å². The first-order valence-corrected chi connectivity index (χ1v) is 7.42. The highest BCUT2D eigenvalue weighted by atomic mass is 32.1. The number of benzene rings is 1. The lowest BCUT2D eigenvalue weighted by Crippen LogP contribution is -2.12. The van der Waals surface area contributed by atoms with Crippen LogP contribution in [0.5, 0.6) is 0 Å². The lowest BCUT2D eigenvalue weighted by atomic mass is 10.0. The fraction of sp³-hybridized carbons (Fsp3) is 0.250. The summed E-state index contributed by atoms with van der Waals surface area (Å²) in [4.78, 5) is 16.4. The Bertz CT molecular complexity index is 711. The van der Waals surface area contributed by atoms with E-state index in [0.29, 0.717) is 17.1 Å². The third-order valence-electron chi connectivity index (χ3n) is 2.80. The molecule has 0 aliphatic rings. The van der Waals surface area contributed by atoms with Crippen LogP contribution in [0.4, 0.5) is 5.13 Å². The molecule has 21 heavy (non-hydrogen) atoms. The molecule has 1 aromatic carbocycles. The van der Waals surface area contributed by atoms with Gasteiger partial charge in [-0.3, -0.25) is 10.1 Å². The van der Waals surface area contributed by atoms with Gasteiger partial charge in [-0.25, -0.2) is 4.98 Å². The van der Waals surface area contributed by atoms with Gasteiger partial charge in [0.2, 0.25) is 0 Å². The molecule has 2 aromatic rings. The molecule has 0 saturated heterocycles. The molecule has 1 aromatic heterocycles. The summed E-state index contributed by atoms with van der Waals surface area (Å²) in [5.74, 6) is 5.64. The van der Waals surface area contributed by atoms with Crippen LogP contribution >= 0.6 is 11.3 Å². The third-order valence-corrected chi connectivity index (χ3v) is 3.67. The van der Waals surface area contributed by atoms with E-state index in [1.807, 2.05) is 25.3 Å². The fourth-order valence-electron chi connectivity index (χ4n) is 1.69. The molecule has 0 spiro atoms. The van der Waals surface area contributed by atoms with Crippen LogP contribution in [0, 0.1) is 25.7 Å². The van der Waals surface area contributed by atoms with E-state index >= 15 is 0 Å². The summed E-state index contributed by atoms with van der Waals surface area (Å²) in [6.45, 7) is 3.86. The van der Waals surface area contributed by atoms with Crippen molar-refractivity contribution in [3.8, 4) is 11.8 Å². The maximum absolute atomic E-state index is 12.2. The molecule has 1 heterocycles. The van der Waals surface area contributed by atoms with Crippen molar-refractivity contribution in [3.05, 3.63) is 46.0 Å². The SMILES string of the molecule is Cc1csc(NC(=O)c2ccc(C)c(C#CCCO)c2)n1. The average Bonchev–Trinajstić information content (AvgIpc) is 2.86. The Morgan fingerprint density at radius 1 is 1.43 bits per heavy atom. The second kappa shape index (κ2) is 7.02. The average molecular weight is 300 g/mol. The number of thiazole rings is 1. The lowest BCUT2D eigenvalue weighted by molar-refractivity contribution is 0.102. The van der Waals surface area contributed by atoms with E-state index < -0.39 is 0 Å². The van der Waals surface area contributed by atoms with Gasteiger partial charge in [-0.05, 0) is 31.5 Å². The molecule has 2 rings (SSSR count). The number of rotatable bonds is 3. The lowest BCUT2D eigenvalue weighted by Gasteiger charge is -2.04. The molecule has 5 heteroatoms. The standard InChI is InChI=1S/C16H16N2O2S/c1-11-6-7-14(9-13(11)5-3-4-8-19)15(20)18-16-17-12(2)10-21-16/h6-7,9-10,19H,4,8H2,1-2H3,(H,17,18,20). The molecule has 4 nitrogen and oxygen atoms in total. The van der Waals surface area contributed by atoms with Gasteiger partial charge >= 0.3 is 0 Å². The van der Waals surface area contributed by atoms with Gasteiger partial charge in [0.05, 0.1) is 12.3 Å². The first-order valence-electron chi connectivity index (χ1n) is 6.54. The maximum Gasteiger partial charge on any atom is 0.257 e. The zero-order valence-electron chi connectivity index (χ0n) is 11.9. The Labute approximate surface area is 127 Å². The molecule has 0 atom stereocenters. The molecular weight excluding hydrogens is 284 g/mol. The topological polar surface area (TPSA) is 62.2 Å². The van der Waals surface area contributed by atoms with Crippen molar-refractivity contribution in [3.63, 3.8) is 0 Å². The van der Waals surface area contributed by atoms with Crippen molar-refractivity contribution in [1.82, 2.24) is 4.98 Å². The quantitative estimate of drug-likeness (QED) is 0.857. The number of aromatic nitrogens is 1. The summed E-state index contributed by atoms with van der Waals surface area (Å²) in [7, 11) is 0. The Morgan fingerprint density at radius 2 is 2.24 bits per heavy atom. The highest BCUT2D eigenvalue weighted by Gasteiger charge is 2.09. The Balaban J connectivity index is 2.18. The normalized spacial score (nSPS) is 9.86. The fourth-order valence-corrected chi connectivity index (χ4v) is 2.38. The van der Waals surface area contributed by atoms with Crippen LogP contribution in [0.2, 0.25) is 0 Å². The summed E-state index contributed by atoms with van der Waals surface area (Å²) in [6, 6.07) is 5.39. The number of carbonyl (C=O) groups is 1. The molecule has 0 aliphatic heterocycles. The number of aliphatic hydroxyl groups is 1. The number of carbonyl (C=O) groups excluding carboxylic acids is 1. The predicted molar refractivity (Wildman–Crippen MR) is 84.6 cm³/mol. The molecular formula is C16H16N2O2S. The first kappa shape index (κ1) is 15.2. The third kappa shape index (κ3) is 4.15. The van der Waals surface area contributed by atoms with Crippen molar-refractivity contribution in [2.75, 3.05) is 11.9 Å². The molecule has 108 valence electrons. The maximum atomic E-state index is 12.2. The van der Waals surface area contributed by atoms with Crippen LogP contribution in [0.15, 0.2) is 23.6 Å². The minimum Gasteiger partial charge on any atom is -0.395 e. The van der Waals surface area contributed by atoms with Gasteiger partial charge in [0.15, 0.2) is 5.13 Å². The Hall–Kier alpha value is -2.16. The second-order valence-electron chi connectivity index (χ2n) is 4.55. The van der Waals surface area contributed by atoms with Gasteiger partial charge in [0, 0.05) is 22.9 Å². The van der Waals surface area contributed by atoms with Crippen molar-refractivity contribution >= 4 is 22.4 Å². The van der Waals surface area contributed by atoms with Gasteiger partial charge in [-0.2, -0.15) is 0 Å². The molecule has 0 radical (unpaired) electrons. The van der Waals surface area contributed by atoms with Crippen molar-refractivity contribution in [1.29, 1.82) is 0 Å². The first-order chi connectivity index (χ1) is 10.1. The van der Waals surface area contributed by atoms with Gasteiger partial charge in [0.1, 0.15) is 0 Å². The van der Waals surface area contributed by atoms with E-state index in [-0.39, 0.29) is 12.5 Å². The van der Waals surface area contributed by atoms with Crippen LogP contribution in [-0.4, -0.2) is 22.6 Å². The second-order valence-corrected chi connectivity index (χ2v) is 5.41. The molecule has 0 bridgehead atoms. The summed E-state index contributed by atoms with van der Waals surface area (Å²) >= 11 is 1.40. The van der Waals surface area contributed by atoms with E-state index in [0.717, 1.165) is 16.8 Å². The van der Waals surface area contributed by atoms with E-state index in [9.17, 15) is 4.79 Å².